The smallest absolute Gasteiger partial charge is 0.246 e. The van der Waals surface area contributed by atoms with E-state index in [9.17, 15) is 4.79 Å². The standard InChI is InChI=1S/C12H26N2O2/c1-10(2)13-7-5-6-8-14-12(15)9-16-11(3)4/h10-11,13H,5-9H2,1-4H3,(H,14,15). The number of hydrogen-bond acceptors (Lipinski definition) is 3. The van der Waals surface area contributed by atoms with Crippen molar-refractivity contribution in [2.24, 2.45) is 0 Å². The summed E-state index contributed by atoms with van der Waals surface area (Å²) in [5.74, 6) is -0.0227. The summed E-state index contributed by atoms with van der Waals surface area (Å²) in [5, 5.41) is 6.17. The van der Waals surface area contributed by atoms with Gasteiger partial charge in [0.2, 0.25) is 5.91 Å². The van der Waals surface area contributed by atoms with E-state index in [0.717, 1.165) is 25.9 Å². The molecule has 0 rings (SSSR count). The van der Waals surface area contributed by atoms with Crippen LogP contribution in [0, 0.1) is 0 Å². The molecule has 0 aromatic rings. The fraction of sp³-hybridized carbons (Fsp3) is 0.917. The Kier molecular flexibility index (Phi) is 9.24. The molecule has 2 N–H and O–H groups in total. The maximum absolute atomic E-state index is 11.2. The highest BCUT2D eigenvalue weighted by Crippen LogP contribution is 1.88. The molecule has 0 spiro atoms. The lowest BCUT2D eigenvalue weighted by Crippen LogP contribution is -2.30. The second-order valence-electron chi connectivity index (χ2n) is 4.53. The van der Waals surface area contributed by atoms with Crippen LogP contribution in [0.15, 0.2) is 0 Å². The molecular weight excluding hydrogens is 204 g/mol. The van der Waals surface area contributed by atoms with Crippen LogP contribution in [0.5, 0.6) is 0 Å². The summed E-state index contributed by atoms with van der Waals surface area (Å²) in [7, 11) is 0. The van der Waals surface area contributed by atoms with E-state index in [1.807, 2.05) is 13.8 Å². The predicted octanol–water partition coefficient (Wildman–Crippen LogP) is 1.31. The highest BCUT2D eigenvalue weighted by atomic mass is 16.5. The van der Waals surface area contributed by atoms with Crippen molar-refractivity contribution in [2.75, 3.05) is 19.7 Å². The molecule has 4 nitrogen and oxygen atoms in total. The van der Waals surface area contributed by atoms with Crippen LogP contribution in [-0.4, -0.2) is 37.7 Å². The summed E-state index contributed by atoms with van der Waals surface area (Å²) in [6.45, 7) is 10.0. The van der Waals surface area contributed by atoms with Gasteiger partial charge in [-0.2, -0.15) is 0 Å². The van der Waals surface area contributed by atoms with Gasteiger partial charge >= 0.3 is 0 Å². The Hall–Kier alpha value is -0.610. The largest absolute Gasteiger partial charge is 0.369 e. The fourth-order valence-electron chi connectivity index (χ4n) is 1.16. The van der Waals surface area contributed by atoms with Crippen molar-refractivity contribution in [1.82, 2.24) is 10.6 Å². The molecule has 0 saturated carbocycles. The van der Waals surface area contributed by atoms with E-state index in [-0.39, 0.29) is 18.6 Å². The van der Waals surface area contributed by atoms with Gasteiger partial charge < -0.3 is 15.4 Å². The molecule has 0 bridgehead atoms. The van der Waals surface area contributed by atoms with E-state index in [1.54, 1.807) is 0 Å². The number of ether oxygens (including phenoxy) is 1. The summed E-state index contributed by atoms with van der Waals surface area (Å²) in [5.41, 5.74) is 0. The first-order chi connectivity index (χ1) is 7.52. The summed E-state index contributed by atoms with van der Waals surface area (Å²) in [6, 6.07) is 0.536. The number of hydrogen-bond donors (Lipinski definition) is 2. The first-order valence-electron chi connectivity index (χ1n) is 6.14. The highest BCUT2D eigenvalue weighted by molar-refractivity contribution is 5.77. The van der Waals surface area contributed by atoms with E-state index in [4.69, 9.17) is 4.74 Å². The molecule has 16 heavy (non-hydrogen) atoms. The molecule has 0 aliphatic rings. The second kappa shape index (κ2) is 9.60. The van der Waals surface area contributed by atoms with Crippen LogP contribution in [-0.2, 0) is 9.53 Å². The van der Waals surface area contributed by atoms with Crippen molar-refractivity contribution in [1.29, 1.82) is 0 Å². The lowest BCUT2D eigenvalue weighted by atomic mass is 10.3. The molecule has 0 aromatic heterocycles. The SMILES string of the molecule is CC(C)NCCCCNC(=O)COC(C)C. The number of carbonyl (C=O) groups excluding carboxylic acids is 1. The summed E-state index contributed by atoms with van der Waals surface area (Å²) in [4.78, 5) is 11.2. The zero-order valence-corrected chi connectivity index (χ0v) is 11.0. The molecule has 1 amide bonds. The molecule has 96 valence electrons. The molecule has 0 aromatic carbocycles. The van der Waals surface area contributed by atoms with Crippen LogP contribution >= 0.6 is 0 Å². The van der Waals surface area contributed by atoms with Crippen molar-refractivity contribution < 1.29 is 9.53 Å². The fourth-order valence-corrected chi connectivity index (χ4v) is 1.16. The Balaban J connectivity index is 3.21. The van der Waals surface area contributed by atoms with Crippen molar-refractivity contribution in [3.8, 4) is 0 Å². The van der Waals surface area contributed by atoms with Gasteiger partial charge in [-0.1, -0.05) is 13.8 Å². The number of rotatable bonds is 9. The van der Waals surface area contributed by atoms with Gasteiger partial charge in [0.1, 0.15) is 6.61 Å². The third-order valence-electron chi connectivity index (χ3n) is 2.03. The number of amides is 1. The Labute approximate surface area is 99.1 Å². The second-order valence-corrected chi connectivity index (χ2v) is 4.53. The molecular formula is C12H26N2O2. The van der Waals surface area contributed by atoms with Gasteiger partial charge in [0.05, 0.1) is 6.10 Å². The average molecular weight is 230 g/mol. The van der Waals surface area contributed by atoms with Gasteiger partial charge in [0.15, 0.2) is 0 Å². The maximum Gasteiger partial charge on any atom is 0.246 e. The van der Waals surface area contributed by atoms with Crippen LogP contribution in [0.25, 0.3) is 0 Å². The molecule has 0 radical (unpaired) electrons. The minimum atomic E-state index is -0.0227. The van der Waals surface area contributed by atoms with E-state index in [2.05, 4.69) is 24.5 Å². The van der Waals surface area contributed by atoms with E-state index >= 15 is 0 Å². The molecule has 0 aliphatic carbocycles. The predicted molar refractivity (Wildman–Crippen MR) is 66.5 cm³/mol. The van der Waals surface area contributed by atoms with Gasteiger partial charge in [0.25, 0.3) is 0 Å². The molecule has 0 unspecified atom stereocenters. The Bertz CT molecular complexity index is 182. The number of carbonyl (C=O) groups is 1. The third-order valence-corrected chi connectivity index (χ3v) is 2.03. The van der Waals surface area contributed by atoms with E-state index < -0.39 is 0 Å². The topological polar surface area (TPSA) is 50.4 Å². The molecule has 0 aliphatic heterocycles. The molecule has 0 heterocycles. The summed E-state index contributed by atoms with van der Waals surface area (Å²) in [6.07, 6.45) is 2.21. The van der Waals surface area contributed by atoms with Gasteiger partial charge in [-0.25, -0.2) is 0 Å². The lowest BCUT2D eigenvalue weighted by molar-refractivity contribution is -0.127. The number of unbranched alkanes of at least 4 members (excludes halogenated alkanes) is 1. The summed E-state index contributed by atoms with van der Waals surface area (Å²) < 4.78 is 5.19. The zero-order chi connectivity index (χ0) is 12.4. The van der Waals surface area contributed by atoms with E-state index in [1.165, 1.54) is 0 Å². The first kappa shape index (κ1) is 15.4. The normalized spacial score (nSPS) is 11.1. The van der Waals surface area contributed by atoms with Gasteiger partial charge in [-0.3, -0.25) is 4.79 Å². The van der Waals surface area contributed by atoms with Crippen LogP contribution < -0.4 is 10.6 Å². The molecule has 0 atom stereocenters. The van der Waals surface area contributed by atoms with E-state index in [0.29, 0.717) is 6.04 Å². The first-order valence-corrected chi connectivity index (χ1v) is 6.14. The van der Waals surface area contributed by atoms with Crippen molar-refractivity contribution in [3.63, 3.8) is 0 Å². The van der Waals surface area contributed by atoms with Crippen LogP contribution in [0.2, 0.25) is 0 Å². The van der Waals surface area contributed by atoms with Crippen molar-refractivity contribution >= 4 is 5.91 Å². The molecule has 0 saturated heterocycles. The van der Waals surface area contributed by atoms with Crippen molar-refractivity contribution in [3.05, 3.63) is 0 Å². The van der Waals surface area contributed by atoms with Gasteiger partial charge in [0, 0.05) is 12.6 Å². The third kappa shape index (κ3) is 11.5. The number of nitrogens with one attached hydrogen (secondary N) is 2. The van der Waals surface area contributed by atoms with Crippen molar-refractivity contribution in [2.45, 2.75) is 52.7 Å². The minimum Gasteiger partial charge on any atom is -0.369 e. The highest BCUT2D eigenvalue weighted by Gasteiger charge is 2.01. The Morgan fingerprint density at radius 3 is 2.31 bits per heavy atom. The van der Waals surface area contributed by atoms with Crippen LogP contribution in [0.4, 0.5) is 0 Å². The Morgan fingerprint density at radius 1 is 1.12 bits per heavy atom. The van der Waals surface area contributed by atoms with Gasteiger partial charge in [-0.15, -0.1) is 0 Å². The molecule has 4 heteroatoms. The molecule has 0 fully saturated rings. The lowest BCUT2D eigenvalue weighted by Gasteiger charge is -2.09. The zero-order valence-electron chi connectivity index (χ0n) is 11.0. The average Bonchev–Trinajstić information content (AvgIpc) is 2.19. The minimum absolute atomic E-state index is 0.0227. The monoisotopic (exact) mass is 230 g/mol. The Morgan fingerprint density at radius 2 is 1.75 bits per heavy atom. The quantitative estimate of drug-likeness (QED) is 0.587. The van der Waals surface area contributed by atoms with Gasteiger partial charge in [-0.05, 0) is 33.2 Å². The van der Waals surface area contributed by atoms with Crippen LogP contribution in [0.3, 0.4) is 0 Å². The van der Waals surface area contributed by atoms with Crippen LogP contribution in [0.1, 0.15) is 40.5 Å². The summed E-state index contributed by atoms with van der Waals surface area (Å²) >= 11 is 0. The maximum atomic E-state index is 11.2.